The van der Waals surface area contributed by atoms with Gasteiger partial charge in [-0.15, -0.1) is 0 Å². The Hall–Kier alpha value is 0.341. The normalized spacial score (nSPS) is 14.4. The quantitative estimate of drug-likeness (QED) is 0.413. The zero-order chi connectivity index (χ0) is 8.31. The number of aliphatic hydroxyl groups excluding tert-OH is 2. The topological polar surface area (TPSA) is 115 Å². The average molecular weight is 240 g/mol. The summed E-state index contributed by atoms with van der Waals surface area (Å²) >= 11 is 0. The molecule has 0 aliphatic carbocycles. The monoisotopic (exact) mass is 240 g/mol. The van der Waals surface area contributed by atoms with E-state index in [1.165, 1.54) is 0 Å². The van der Waals surface area contributed by atoms with Crippen molar-refractivity contribution < 1.29 is 32.9 Å². The van der Waals surface area contributed by atoms with Crippen molar-refractivity contribution in [3.8, 4) is 0 Å². The van der Waals surface area contributed by atoms with Gasteiger partial charge in [0.25, 0.3) is 0 Å². The number of rotatable bonds is 3. The minimum atomic E-state index is -2.27. The first-order chi connectivity index (χ1) is 4.46. The zero-order valence-electron chi connectivity index (χ0n) is 7.47. The number of hydrogen-bond donors (Lipinski definition) is 4. The van der Waals surface area contributed by atoms with Gasteiger partial charge in [-0.2, -0.15) is 0 Å². The molecule has 0 aliphatic heterocycles. The maximum atomic E-state index is 9.77. The fourth-order valence-corrected chi connectivity index (χ4v) is 0.270. The number of aliphatic hydroxyl groups is 2. The van der Waals surface area contributed by atoms with Gasteiger partial charge in [-0.25, -0.2) is 9.59 Å². The van der Waals surface area contributed by atoms with Crippen LogP contribution >= 0.6 is 0 Å². The molecule has 0 fully saturated rings. The second-order valence-electron chi connectivity index (χ2n) is 1.57. The molecule has 11 heavy (non-hydrogen) atoms. The second-order valence-corrected chi connectivity index (χ2v) is 1.57. The molecule has 0 saturated carbocycles. The van der Waals surface area contributed by atoms with E-state index in [1.54, 1.807) is 0 Å². The summed E-state index contributed by atoms with van der Waals surface area (Å²) in [7, 11) is 0. The summed E-state index contributed by atoms with van der Waals surface area (Å²) in [4.78, 5) is 19.5. The van der Waals surface area contributed by atoms with Crippen LogP contribution in [0.2, 0.25) is 0 Å². The molecule has 0 rings (SSSR count). The Labute approximate surface area is 102 Å². The molecule has 0 amide bonds. The maximum absolute atomic E-state index is 9.77. The predicted molar refractivity (Wildman–Crippen MR) is 35.3 cm³/mol. The Balaban J connectivity index is -0.000000135. The van der Waals surface area contributed by atoms with Crippen molar-refractivity contribution in [3.63, 3.8) is 0 Å². The molecular formula is C4H8O6Sr. The van der Waals surface area contributed by atoms with Crippen molar-refractivity contribution in [1.29, 1.82) is 0 Å². The molecule has 2 unspecified atom stereocenters. The molecule has 0 aromatic carbocycles. The number of aliphatic carboxylic acids is 2. The molecule has 0 bridgehead atoms. The summed E-state index contributed by atoms with van der Waals surface area (Å²) in [5, 5.41) is 32.5. The van der Waals surface area contributed by atoms with Crippen LogP contribution in [-0.4, -0.2) is 90.1 Å². The van der Waals surface area contributed by atoms with E-state index < -0.39 is 24.1 Å². The molecule has 0 aromatic heterocycles. The van der Waals surface area contributed by atoms with E-state index in [0.717, 1.165) is 0 Å². The summed E-state index contributed by atoms with van der Waals surface area (Å²) in [6.07, 6.45) is -4.53. The van der Waals surface area contributed by atoms with Gasteiger partial charge in [0, 0.05) is 0 Å². The van der Waals surface area contributed by atoms with Crippen LogP contribution in [0.4, 0.5) is 0 Å². The Morgan fingerprint density at radius 3 is 1.27 bits per heavy atom. The molecule has 0 aliphatic rings. The van der Waals surface area contributed by atoms with Gasteiger partial charge >= 0.3 is 57.4 Å². The molecule has 0 radical (unpaired) electrons. The van der Waals surface area contributed by atoms with Crippen molar-refractivity contribution >= 4 is 57.4 Å². The van der Waals surface area contributed by atoms with Crippen LogP contribution in [0.25, 0.3) is 0 Å². The second kappa shape index (κ2) is 5.92. The largest absolute Gasteiger partial charge is 2.00 e. The van der Waals surface area contributed by atoms with E-state index in [9.17, 15) is 9.59 Å². The van der Waals surface area contributed by atoms with Crippen molar-refractivity contribution in [2.75, 3.05) is 0 Å². The minimum absolute atomic E-state index is 0. The molecule has 0 aromatic rings. The van der Waals surface area contributed by atoms with Crippen LogP contribution in [0.5, 0.6) is 0 Å². The Kier molecular flexibility index (Phi) is 7.49. The van der Waals surface area contributed by atoms with E-state index in [2.05, 4.69) is 0 Å². The van der Waals surface area contributed by atoms with Gasteiger partial charge in [-0.05, 0) is 0 Å². The van der Waals surface area contributed by atoms with Crippen molar-refractivity contribution in [2.24, 2.45) is 0 Å². The zero-order valence-corrected chi connectivity index (χ0v) is 8.94. The van der Waals surface area contributed by atoms with E-state index in [1.807, 2.05) is 0 Å². The molecular weight excluding hydrogens is 232 g/mol. The standard InChI is InChI=1S/C4H6O6.Sr.2H/c5-1(3(7)8)2(6)4(9)10;;;/h1-2,5-6H,(H,7,8)(H,9,10);;;/q;+2;2*-1. The van der Waals surface area contributed by atoms with Crippen LogP contribution in [0.15, 0.2) is 0 Å². The van der Waals surface area contributed by atoms with Gasteiger partial charge in [0.2, 0.25) is 0 Å². The summed E-state index contributed by atoms with van der Waals surface area (Å²) in [6.45, 7) is 0. The molecule has 62 valence electrons. The first kappa shape index (κ1) is 13.9. The summed E-state index contributed by atoms with van der Waals surface area (Å²) in [5.74, 6) is -3.54. The number of hydrogen-bond acceptors (Lipinski definition) is 4. The third-order valence-corrected chi connectivity index (χ3v) is 0.805. The van der Waals surface area contributed by atoms with Gasteiger partial charge in [-0.1, -0.05) is 0 Å². The Bertz CT molecular complexity index is 147. The van der Waals surface area contributed by atoms with E-state index in [-0.39, 0.29) is 48.3 Å². The molecule has 0 saturated heterocycles. The van der Waals surface area contributed by atoms with Crippen molar-refractivity contribution in [3.05, 3.63) is 0 Å². The third-order valence-electron chi connectivity index (χ3n) is 0.805. The van der Waals surface area contributed by atoms with Crippen LogP contribution in [0, 0.1) is 0 Å². The molecule has 0 heterocycles. The maximum Gasteiger partial charge on any atom is 2.00 e. The summed E-state index contributed by atoms with van der Waals surface area (Å²) < 4.78 is 0. The van der Waals surface area contributed by atoms with Crippen LogP contribution in [0.3, 0.4) is 0 Å². The van der Waals surface area contributed by atoms with E-state index in [0.29, 0.717) is 0 Å². The molecule has 7 heteroatoms. The van der Waals surface area contributed by atoms with Gasteiger partial charge in [-0.3, -0.25) is 0 Å². The average Bonchev–Trinajstić information content (AvgIpc) is 1.84. The fraction of sp³-hybridized carbons (Fsp3) is 0.500. The van der Waals surface area contributed by atoms with Gasteiger partial charge in [0.15, 0.2) is 12.2 Å². The molecule has 0 spiro atoms. The fourth-order valence-electron chi connectivity index (χ4n) is 0.270. The van der Waals surface area contributed by atoms with Crippen LogP contribution in [-0.2, 0) is 9.59 Å². The number of carboxylic acids is 2. The van der Waals surface area contributed by atoms with Crippen molar-refractivity contribution in [1.82, 2.24) is 0 Å². The van der Waals surface area contributed by atoms with Crippen LogP contribution in [0.1, 0.15) is 2.85 Å². The van der Waals surface area contributed by atoms with Gasteiger partial charge in [0.05, 0.1) is 0 Å². The number of carboxylic acid groups (broad SMARTS) is 2. The van der Waals surface area contributed by atoms with Crippen LogP contribution < -0.4 is 0 Å². The summed E-state index contributed by atoms with van der Waals surface area (Å²) in [6, 6.07) is 0. The molecule has 4 N–H and O–H groups in total. The first-order valence-electron chi connectivity index (χ1n) is 2.28. The van der Waals surface area contributed by atoms with E-state index in [4.69, 9.17) is 20.4 Å². The summed E-state index contributed by atoms with van der Waals surface area (Å²) in [5.41, 5.74) is 0. The first-order valence-corrected chi connectivity index (χ1v) is 2.28. The smallest absolute Gasteiger partial charge is 1.00 e. The molecule has 2 atom stereocenters. The third kappa shape index (κ3) is 4.72. The Morgan fingerprint density at radius 2 is 1.18 bits per heavy atom. The predicted octanol–water partition coefficient (Wildman–Crippen LogP) is -2.28. The van der Waals surface area contributed by atoms with Gasteiger partial charge in [0.1, 0.15) is 0 Å². The SMILES string of the molecule is O=C(O)C(O)C(O)C(=O)O.[H-].[H-].[Sr+2]. The minimum Gasteiger partial charge on any atom is -1.00 e. The van der Waals surface area contributed by atoms with Crippen molar-refractivity contribution in [2.45, 2.75) is 12.2 Å². The molecule has 6 nitrogen and oxygen atoms in total. The Morgan fingerprint density at radius 1 is 1.00 bits per heavy atom. The number of carbonyl (C=O) groups is 2. The van der Waals surface area contributed by atoms with Gasteiger partial charge < -0.3 is 23.3 Å². The van der Waals surface area contributed by atoms with E-state index >= 15 is 0 Å².